The molecule has 0 unspecified atom stereocenters. The highest BCUT2D eigenvalue weighted by atomic mass is 16.5. The third-order valence-corrected chi connectivity index (χ3v) is 2.49. The molecule has 4 nitrogen and oxygen atoms in total. The van der Waals surface area contributed by atoms with E-state index in [1.54, 1.807) is 6.20 Å². The third kappa shape index (κ3) is 2.59. The molecule has 1 aliphatic heterocycles. The van der Waals surface area contributed by atoms with Crippen molar-refractivity contribution in [1.82, 2.24) is 10.3 Å². The van der Waals surface area contributed by atoms with E-state index >= 15 is 0 Å². The summed E-state index contributed by atoms with van der Waals surface area (Å²) in [6.07, 6.45) is 3.66. The van der Waals surface area contributed by atoms with Crippen LogP contribution in [0.3, 0.4) is 0 Å². The highest BCUT2D eigenvalue weighted by Crippen LogP contribution is 2.19. The van der Waals surface area contributed by atoms with Crippen molar-refractivity contribution in [2.45, 2.75) is 6.92 Å². The molecule has 0 atom stereocenters. The van der Waals surface area contributed by atoms with Gasteiger partial charge in [0, 0.05) is 32.2 Å². The van der Waals surface area contributed by atoms with Crippen molar-refractivity contribution >= 4 is 5.69 Å². The molecule has 15 heavy (non-hydrogen) atoms. The fourth-order valence-corrected chi connectivity index (χ4v) is 1.75. The van der Waals surface area contributed by atoms with Gasteiger partial charge in [0.2, 0.25) is 0 Å². The summed E-state index contributed by atoms with van der Waals surface area (Å²) in [5, 5.41) is 3.33. The Kier molecular flexibility index (Phi) is 3.40. The summed E-state index contributed by atoms with van der Waals surface area (Å²) in [7, 11) is 0. The van der Waals surface area contributed by atoms with Crippen molar-refractivity contribution in [3.05, 3.63) is 18.5 Å². The first-order chi connectivity index (χ1) is 7.40. The molecule has 1 N–H and O–H groups in total. The molecule has 4 heteroatoms. The molecular weight excluding hydrogens is 190 g/mol. The van der Waals surface area contributed by atoms with E-state index in [2.05, 4.69) is 21.3 Å². The zero-order valence-electron chi connectivity index (χ0n) is 9.07. The van der Waals surface area contributed by atoms with Crippen LogP contribution < -0.4 is 15.0 Å². The summed E-state index contributed by atoms with van der Waals surface area (Å²) >= 11 is 0. The number of hydrogen-bond acceptors (Lipinski definition) is 4. The van der Waals surface area contributed by atoms with Gasteiger partial charge in [-0.15, -0.1) is 0 Å². The molecule has 82 valence electrons. The predicted octanol–water partition coefficient (Wildman–Crippen LogP) is 0.890. The lowest BCUT2D eigenvalue weighted by Gasteiger charge is -2.29. The van der Waals surface area contributed by atoms with Gasteiger partial charge in [0.1, 0.15) is 5.75 Å². The zero-order chi connectivity index (χ0) is 10.5. The second-order valence-electron chi connectivity index (χ2n) is 3.55. The van der Waals surface area contributed by atoms with Gasteiger partial charge in [0.25, 0.3) is 0 Å². The maximum absolute atomic E-state index is 5.43. The Morgan fingerprint density at radius 2 is 2.20 bits per heavy atom. The fourth-order valence-electron chi connectivity index (χ4n) is 1.75. The second kappa shape index (κ2) is 4.98. The number of rotatable bonds is 3. The molecule has 0 aromatic carbocycles. The molecule has 0 amide bonds. The van der Waals surface area contributed by atoms with Gasteiger partial charge in [0.05, 0.1) is 24.7 Å². The monoisotopic (exact) mass is 207 g/mol. The molecule has 1 aliphatic rings. The van der Waals surface area contributed by atoms with Gasteiger partial charge in [-0.3, -0.25) is 4.98 Å². The maximum atomic E-state index is 5.43. The van der Waals surface area contributed by atoms with E-state index in [1.807, 2.05) is 13.1 Å². The highest BCUT2D eigenvalue weighted by molar-refractivity contribution is 5.48. The third-order valence-electron chi connectivity index (χ3n) is 2.49. The van der Waals surface area contributed by atoms with Gasteiger partial charge < -0.3 is 15.0 Å². The van der Waals surface area contributed by atoms with Crippen molar-refractivity contribution in [2.75, 3.05) is 37.7 Å². The van der Waals surface area contributed by atoms with Crippen LogP contribution in [-0.4, -0.2) is 37.8 Å². The van der Waals surface area contributed by atoms with Crippen molar-refractivity contribution < 1.29 is 4.74 Å². The number of hydrogen-bond donors (Lipinski definition) is 1. The van der Waals surface area contributed by atoms with Gasteiger partial charge in [-0.2, -0.15) is 0 Å². The normalized spacial score (nSPS) is 16.5. The Bertz CT molecular complexity index is 310. The molecule has 1 fully saturated rings. The molecule has 1 aromatic heterocycles. The van der Waals surface area contributed by atoms with Crippen LogP contribution in [0.5, 0.6) is 5.75 Å². The lowest BCUT2D eigenvalue weighted by molar-refractivity contribution is 0.339. The number of ether oxygens (including phenoxy) is 1. The van der Waals surface area contributed by atoms with Gasteiger partial charge in [-0.25, -0.2) is 0 Å². The standard InChI is InChI=1S/C11H17N3O/c1-2-15-11-7-10(8-13-9-11)14-5-3-12-4-6-14/h7-9,12H,2-6H2,1H3. The van der Waals surface area contributed by atoms with Gasteiger partial charge in [0.15, 0.2) is 0 Å². The number of nitrogens with zero attached hydrogens (tertiary/aromatic N) is 2. The lowest BCUT2D eigenvalue weighted by Crippen LogP contribution is -2.43. The molecule has 1 aromatic rings. The van der Waals surface area contributed by atoms with Crippen molar-refractivity contribution in [2.24, 2.45) is 0 Å². The molecule has 0 aliphatic carbocycles. The summed E-state index contributed by atoms with van der Waals surface area (Å²) in [6.45, 7) is 6.83. The number of anilines is 1. The number of nitrogens with one attached hydrogen (secondary N) is 1. The van der Waals surface area contributed by atoms with E-state index in [4.69, 9.17) is 4.74 Å². The fraction of sp³-hybridized carbons (Fsp3) is 0.545. The Morgan fingerprint density at radius 1 is 1.40 bits per heavy atom. The van der Waals surface area contributed by atoms with Gasteiger partial charge in [-0.1, -0.05) is 0 Å². The van der Waals surface area contributed by atoms with E-state index in [9.17, 15) is 0 Å². The summed E-state index contributed by atoms with van der Waals surface area (Å²) in [5.41, 5.74) is 1.16. The predicted molar refractivity (Wildman–Crippen MR) is 60.5 cm³/mol. The molecule has 0 saturated carbocycles. The van der Waals surface area contributed by atoms with Crippen molar-refractivity contribution in [3.63, 3.8) is 0 Å². The average Bonchev–Trinajstić information content (AvgIpc) is 2.31. The second-order valence-corrected chi connectivity index (χ2v) is 3.55. The van der Waals surface area contributed by atoms with Crippen LogP contribution in [0, 0.1) is 0 Å². The largest absolute Gasteiger partial charge is 0.492 e. The topological polar surface area (TPSA) is 37.4 Å². The SMILES string of the molecule is CCOc1cncc(N2CCNCC2)c1. The Hall–Kier alpha value is -1.29. The van der Waals surface area contributed by atoms with Crippen LogP contribution in [0.25, 0.3) is 0 Å². The van der Waals surface area contributed by atoms with Crippen LogP contribution in [0.4, 0.5) is 5.69 Å². The van der Waals surface area contributed by atoms with E-state index in [0.717, 1.165) is 37.6 Å². The molecule has 2 heterocycles. The zero-order valence-corrected chi connectivity index (χ0v) is 9.07. The van der Waals surface area contributed by atoms with Crippen LogP contribution in [0.2, 0.25) is 0 Å². The first kappa shape index (κ1) is 10.2. The molecule has 2 rings (SSSR count). The molecule has 1 saturated heterocycles. The smallest absolute Gasteiger partial charge is 0.139 e. The summed E-state index contributed by atoms with van der Waals surface area (Å²) in [6, 6.07) is 2.06. The molecular formula is C11H17N3O. The molecule has 0 bridgehead atoms. The summed E-state index contributed by atoms with van der Waals surface area (Å²) < 4.78 is 5.43. The molecule has 0 spiro atoms. The van der Waals surface area contributed by atoms with E-state index in [-0.39, 0.29) is 0 Å². The van der Waals surface area contributed by atoms with Crippen molar-refractivity contribution in [1.29, 1.82) is 0 Å². The average molecular weight is 207 g/mol. The van der Waals surface area contributed by atoms with E-state index in [1.165, 1.54) is 0 Å². The lowest BCUT2D eigenvalue weighted by atomic mass is 10.3. The van der Waals surface area contributed by atoms with Crippen LogP contribution in [-0.2, 0) is 0 Å². The Balaban J connectivity index is 2.09. The minimum absolute atomic E-state index is 0.687. The minimum atomic E-state index is 0.687. The van der Waals surface area contributed by atoms with E-state index < -0.39 is 0 Å². The first-order valence-electron chi connectivity index (χ1n) is 5.43. The quantitative estimate of drug-likeness (QED) is 0.798. The Morgan fingerprint density at radius 3 is 2.93 bits per heavy atom. The highest BCUT2D eigenvalue weighted by Gasteiger charge is 2.10. The maximum Gasteiger partial charge on any atom is 0.139 e. The first-order valence-corrected chi connectivity index (χ1v) is 5.43. The molecule has 0 radical (unpaired) electrons. The van der Waals surface area contributed by atoms with Gasteiger partial charge in [-0.05, 0) is 6.92 Å². The number of aromatic nitrogens is 1. The Labute approximate surface area is 90.3 Å². The van der Waals surface area contributed by atoms with Crippen LogP contribution in [0.15, 0.2) is 18.5 Å². The minimum Gasteiger partial charge on any atom is -0.492 e. The van der Waals surface area contributed by atoms with Crippen LogP contribution in [0.1, 0.15) is 6.92 Å². The number of pyridine rings is 1. The van der Waals surface area contributed by atoms with E-state index in [0.29, 0.717) is 6.61 Å². The summed E-state index contributed by atoms with van der Waals surface area (Å²) in [4.78, 5) is 6.52. The summed E-state index contributed by atoms with van der Waals surface area (Å²) in [5.74, 6) is 0.855. The van der Waals surface area contributed by atoms with Gasteiger partial charge >= 0.3 is 0 Å². The number of piperazine rings is 1. The van der Waals surface area contributed by atoms with Crippen LogP contribution >= 0.6 is 0 Å². The van der Waals surface area contributed by atoms with Crippen molar-refractivity contribution in [3.8, 4) is 5.75 Å².